The maximum absolute atomic E-state index is 11.2. The first kappa shape index (κ1) is 18.9. The minimum atomic E-state index is -3.62. The summed E-state index contributed by atoms with van der Waals surface area (Å²) in [5, 5.41) is 11.6. The summed E-state index contributed by atoms with van der Waals surface area (Å²) in [7, 11) is -1.90. The van der Waals surface area contributed by atoms with Gasteiger partial charge in [0, 0.05) is 18.0 Å². The van der Waals surface area contributed by atoms with Crippen LogP contribution in [-0.2, 0) is 16.6 Å². The summed E-state index contributed by atoms with van der Waals surface area (Å²) in [6.45, 7) is 7.05. The van der Waals surface area contributed by atoms with Gasteiger partial charge in [-0.3, -0.25) is 4.99 Å². The summed E-state index contributed by atoms with van der Waals surface area (Å²) in [6.07, 6.45) is 2.24. The predicted octanol–water partition coefficient (Wildman–Crippen LogP) is 1.89. The minimum absolute atomic E-state index is 0.178. The molecule has 0 aliphatic rings. The molecule has 8 heteroatoms. The summed E-state index contributed by atoms with van der Waals surface area (Å²) >= 11 is 1.17. The normalized spacial score (nSPS) is 14.2. The Balaban J connectivity index is 2.49. The highest BCUT2D eigenvalue weighted by Crippen LogP contribution is 2.19. The third-order valence-corrected chi connectivity index (χ3v) is 5.65. The Hall–Kier alpha value is -1.12. The summed E-state index contributed by atoms with van der Waals surface area (Å²) in [4.78, 5) is 5.07. The molecule has 126 valence electrons. The van der Waals surface area contributed by atoms with Crippen molar-refractivity contribution in [3.05, 3.63) is 17.0 Å². The predicted molar refractivity (Wildman–Crippen MR) is 92.6 cm³/mol. The molecule has 1 aromatic rings. The molecule has 0 aliphatic carbocycles. The number of hydrogen-bond donors (Lipinski definition) is 3. The second-order valence-corrected chi connectivity index (χ2v) is 8.66. The van der Waals surface area contributed by atoms with Gasteiger partial charge in [0.25, 0.3) is 0 Å². The number of sulfonamides is 1. The van der Waals surface area contributed by atoms with Crippen molar-refractivity contribution in [2.24, 2.45) is 16.0 Å². The zero-order valence-electron chi connectivity index (χ0n) is 13.6. The maximum Gasteiger partial charge on any atom is 0.247 e. The van der Waals surface area contributed by atoms with Gasteiger partial charge in [0.1, 0.15) is 4.21 Å². The van der Waals surface area contributed by atoms with Gasteiger partial charge in [0.2, 0.25) is 10.0 Å². The van der Waals surface area contributed by atoms with Crippen LogP contribution < -0.4 is 15.8 Å². The third-order valence-electron chi connectivity index (χ3n) is 3.13. The fraction of sp³-hybridized carbons (Fsp3) is 0.643. The van der Waals surface area contributed by atoms with Gasteiger partial charge in [-0.1, -0.05) is 13.8 Å². The van der Waals surface area contributed by atoms with Crippen molar-refractivity contribution in [2.45, 2.75) is 50.4 Å². The number of aliphatic imine (C=N–C) groups is 1. The largest absolute Gasteiger partial charge is 0.354 e. The van der Waals surface area contributed by atoms with Gasteiger partial charge in [-0.05, 0) is 37.8 Å². The van der Waals surface area contributed by atoms with E-state index in [1.54, 1.807) is 13.1 Å². The first-order valence-corrected chi connectivity index (χ1v) is 9.67. The molecule has 1 atom stereocenters. The van der Waals surface area contributed by atoms with E-state index < -0.39 is 10.0 Å². The van der Waals surface area contributed by atoms with E-state index in [9.17, 15) is 8.42 Å². The Bertz CT molecular complexity index is 594. The fourth-order valence-electron chi connectivity index (χ4n) is 1.86. The molecule has 1 heterocycles. The van der Waals surface area contributed by atoms with Crippen molar-refractivity contribution in [2.75, 3.05) is 7.05 Å². The molecule has 0 amide bonds. The van der Waals surface area contributed by atoms with Crippen LogP contribution in [0.15, 0.2) is 21.3 Å². The van der Waals surface area contributed by atoms with E-state index in [1.807, 2.05) is 0 Å². The molecule has 0 saturated carbocycles. The molecule has 6 nitrogen and oxygen atoms in total. The number of nitrogens with one attached hydrogen (secondary N) is 2. The number of nitrogens with two attached hydrogens (primary N) is 1. The fourth-order valence-corrected chi connectivity index (χ4v) is 3.58. The molecule has 22 heavy (non-hydrogen) atoms. The minimum Gasteiger partial charge on any atom is -0.354 e. The zero-order chi connectivity index (χ0) is 16.8. The molecular weight excluding hydrogens is 320 g/mol. The molecule has 0 fully saturated rings. The highest BCUT2D eigenvalue weighted by Gasteiger charge is 2.12. The molecule has 0 saturated heterocycles. The van der Waals surface area contributed by atoms with E-state index in [2.05, 4.69) is 36.4 Å². The lowest BCUT2D eigenvalue weighted by Gasteiger charge is -2.18. The molecule has 0 bridgehead atoms. The van der Waals surface area contributed by atoms with Crippen molar-refractivity contribution in [1.82, 2.24) is 10.6 Å². The Kier molecular flexibility index (Phi) is 7.31. The molecule has 4 N–H and O–H groups in total. The van der Waals surface area contributed by atoms with Crippen LogP contribution in [0.4, 0.5) is 0 Å². The van der Waals surface area contributed by atoms with Crippen molar-refractivity contribution in [1.29, 1.82) is 0 Å². The SMILES string of the molecule is CN=C(NCc1ccc(S(N)(=O)=O)s1)NC(C)CCC(C)C. The van der Waals surface area contributed by atoms with E-state index >= 15 is 0 Å². The van der Waals surface area contributed by atoms with E-state index in [0.29, 0.717) is 24.5 Å². The Morgan fingerprint density at radius 2 is 2.00 bits per heavy atom. The number of hydrogen-bond acceptors (Lipinski definition) is 4. The van der Waals surface area contributed by atoms with E-state index in [4.69, 9.17) is 5.14 Å². The van der Waals surface area contributed by atoms with E-state index in [0.717, 1.165) is 17.7 Å². The number of thiophene rings is 1. The highest BCUT2D eigenvalue weighted by molar-refractivity contribution is 7.91. The van der Waals surface area contributed by atoms with Crippen LogP contribution in [0.5, 0.6) is 0 Å². The lowest BCUT2D eigenvalue weighted by Crippen LogP contribution is -2.41. The molecule has 0 aliphatic heterocycles. The van der Waals surface area contributed by atoms with Crippen LogP contribution in [0, 0.1) is 5.92 Å². The lowest BCUT2D eigenvalue weighted by atomic mass is 10.0. The van der Waals surface area contributed by atoms with Gasteiger partial charge in [-0.25, -0.2) is 13.6 Å². The van der Waals surface area contributed by atoms with E-state index in [-0.39, 0.29) is 4.21 Å². The Labute approximate surface area is 137 Å². The van der Waals surface area contributed by atoms with Crippen molar-refractivity contribution in [3.63, 3.8) is 0 Å². The first-order valence-electron chi connectivity index (χ1n) is 7.31. The Morgan fingerprint density at radius 3 is 2.50 bits per heavy atom. The standard InChI is InChI=1S/C14H26N4O2S2/c1-10(2)5-6-11(3)18-14(16-4)17-9-12-7-8-13(21-12)22(15,19)20/h7-8,10-11H,5-6,9H2,1-4H3,(H2,15,19,20)(H2,16,17,18). The zero-order valence-corrected chi connectivity index (χ0v) is 15.2. The van der Waals surface area contributed by atoms with Gasteiger partial charge >= 0.3 is 0 Å². The summed E-state index contributed by atoms with van der Waals surface area (Å²) in [5.41, 5.74) is 0. The molecule has 1 rings (SSSR count). The molecular formula is C14H26N4O2S2. The van der Waals surface area contributed by atoms with Crippen LogP contribution in [-0.4, -0.2) is 27.5 Å². The second kappa shape index (κ2) is 8.50. The molecule has 1 unspecified atom stereocenters. The number of rotatable bonds is 7. The smallest absolute Gasteiger partial charge is 0.247 e. The Morgan fingerprint density at radius 1 is 1.32 bits per heavy atom. The average molecular weight is 347 g/mol. The van der Waals surface area contributed by atoms with Crippen LogP contribution in [0.2, 0.25) is 0 Å². The van der Waals surface area contributed by atoms with E-state index in [1.165, 1.54) is 17.4 Å². The lowest BCUT2D eigenvalue weighted by molar-refractivity contribution is 0.489. The molecule has 0 radical (unpaired) electrons. The van der Waals surface area contributed by atoms with Crippen LogP contribution >= 0.6 is 11.3 Å². The third kappa shape index (κ3) is 6.76. The molecule has 1 aromatic heterocycles. The monoisotopic (exact) mass is 346 g/mol. The molecule has 0 aromatic carbocycles. The highest BCUT2D eigenvalue weighted by atomic mass is 32.2. The number of primary sulfonamides is 1. The first-order chi connectivity index (χ1) is 10.2. The van der Waals surface area contributed by atoms with Crippen molar-refractivity contribution >= 4 is 27.3 Å². The van der Waals surface area contributed by atoms with Crippen molar-refractivity contribution < 1.29 is 8.42 Å². The van der Waals surface area contributed by atoms with Gasteiger partial charge < -0.3 is 10.6 Å². The number of nitrogens with zero attached hydrogens (tertiary/aromatic N) is 1. The van der Waals surface area contributed by atoms with Gasteiger partial charge in [0.05, 0.1) is 6.54 Å². The molecule has 0 spiro atoms. The van der Waals surface area contributed by atoms with Gasteiger partial charge in [-0.15, -0.1) is 11.3 Å². The topological polar surface area (TPSA) is 96.6 Å². The van der Waals surface area contributed by atoms with Gasteiger partial charge in [-0.2, -0.15) is 0 Å². The van der Waals surface area contributed by atoms with Crippen LogP contribution in [0.1, 0.15) is 38.5 Å². The maximum atomic E-state index is 11.2. The quantitative estimate of drug-likeness (QED) is 0.519. The van der Waals surface area contributed by atoms with Crippen molar-refractivity contribution in [3.8, 4) is 0 Å². The second-order valence-electron chi connectivity index (χ2n) is 5.71. The summed E-state index contributed by atoms with van der Waals surface area (Å²) in [5.74, 6) is 1.39. The summed E-state index contributed by atoms with van der Waals surface area (Å²) < 4.78 is 22.7. The summed E-state index contributed by atoms with van der Waals surface area (Å²) in [6, 6.07) is 3.61. The van der Waals surface area contributed by atoms with Crippen LogP contribution in [0.25, 0.3) is 0 Å². The average Bonchev–Trinajstić information content (AvgIpc) is 2.90. The van der Waals surface area contributed by atoms with Gasteiger partial charge in [0.15, 0.2) is 5.96 Å². The van der Waals surface area contributed by atoms with Crippen LogP contribution in [0.3, 0.4) is 0 Å². The number of guanidine groups is 1.